The lowest BCUT2D eigenvalue weighted by Crippen LogP contribution is -2.18. The van der Waals surface area contributed by atoms with E-state index in [9.17, 15) is 15.0 Å². The molecule has 1 fully saturated rings. The number of carboxylic acid groups (broad SMARTS) is 1. The number of aromatic nitrogens is 1. The lowest BCUT2D eigenvalue weighted by Gasteiger charge is -2.24. The summed E-state index contributed by atoms with van der Waals surface area (Å²) in [6.45, 7) is 4.28. The van der Waals surface area contributed by atoms with Gasteiger partial charge in [0.1, 0.15) is 0 Å². The zero-order valence-electron chi connectivity index (χ0n) is 28.5. The molecule has 260 valence electrons. The Morgan fingerprint density at radius 1 is 1.00 bits per heavy atom. The molecule has 1 aliphatic carbocycles. The number of aliphatic carboxylic acids is 1. The molecule has 6 rings (SSSR count). The third-order valence-corrected chi connectivity index (χ3v) is 11.4. The van der Waals surface area contributed by atoms with E-state index in [0.717, 1.165) is 69.2 Å². The van der Waals surface area contributed by atoms with Crippen molar-refractivity contribution in [2.45, 2.75) is 63.3 Å². The highest BCUT2D eigenvalue weighted by atomic mass is 79.9. The summed E-state index contributed by atoms with van der Waals surface area (Å²) in [6, 6.07) is 34.5. The molecule has 0 amide bonds. The Hall–Kier alpha value is -3.46. The predicted molar refractivity (Wildman–Crippen MR) is 213 cm³/mol. The third-order valence-electron chi connectivity index (χ3n) is 8.98. The van der Waals surface area contributed by atoms with Crippen molar-refractivity contribution in [2.24, 2.45) is 11.1 Å². The van der Waals surface area contributed by atoms with Gasteiger partial charge >= 0.3 is 5.97 Å². The highest BCUT2D eigenvalue weighted by molar-refractivity contribution is 9.10. The number of aryl methyl sites for hydroxylation is 1. The minimum atomic E-state index is -0.911. The molecule has 8 heteroatoms. The molecule has 0 saturated heterocycles. The second-order valence-electron chi connectivity index (χ2n) is 13.5. The highest BCUT2D eigenvalue weighted by Gasteiger charge is 2.44. The molecule has 1 atom stereocenters. The van der Waals surface area contributed by atoms with Gasteiger partial charge in [-0.05, 0) is 109 Å². The smallest absolute Gasteiger partial charge is 0.303 e. The molecule has 4 aromatic carbocycles. The number of benzene rings is 4. The maximum atomic E-state index is 11.5. The molecule has 50 heavy (non-hydrogen) atoms. The van der Waals surface area contributed by atoms with Crippen molar-refractivity contribution in [3.8, 4) is 0 Å². The van der Waals surface area contributed by atoms with Gasteiger partial charge in [-0.15, -0.1) is 0 Å². The Bertz CT molecular complexity index is 1940. The van der Waals surface area contributed by atoms with Crippen molar-refractivity contribution in [2.75, 3.05) is 5.75 Å². The minimum absolute atomic E-state index is 0.0814. The molecule has 1 aromatic heterocycles. The van der Waals surface area contributed by atoms with Gasteiger partial charge < -0.3 is 15.9 Å². The summed E-state index contributed by atoms with van der Waals surface area (Å²) in [5, 5.41) is 22.1. The number of rotatable bonds is 13. The van der Waals surface area contributed by atoms with E-state index in [1.807, 2.05) is 98.4 Å². The summed E-state index contributed by atoms with van der Waals surface area (Å²) in [4.78, 5) is 16.2. The molecule has 1 heterocycles. The molecule has 0 aliphatic heterocycles. The van der Waals surface area contributed by atoms with Crippen LogP contribution < -0.4 is 5.73 Å². The summed E-state index contributed by atoms with van der Waals surface area (Å²) in [7, 11) is 0. The van der Waals surface area contributed by atoms with Crippen molar-refractivity contribution >= 4 is 68.3 Å². The summed E-state index contributed by atoms with van der Waals surface area (Å²) in [5.74, 6) is 0.122. The van der Waals surface area contributed by atoms with E-state index in [4.69, 9.17) is 22.3 Å². The lowest BCUT2D eigenvalue weighted by molar-refractivity contribution is -0.138. The Kier molecular flexibility index (Phi) is 13.0. The fourth-order valence-electron chi connectivity index (χ4n) is 5.98. The first-order valence-corrected chi connectivity index (χ1v) is 19.1. The zero-order chi connectivity index (χ0) is 35.7. The van der Waals surface area contributed by atoms with E-state index in [0.29, 0.717) is 11.6 Å². The van der Waals surface area contributed by atoms with Crippen LogP contribution in [0, 0.1) is 5.41 Å². The van der Waals surface area contributed by atoms with E-state index in [-0.39, 0.29) is 17.1 Å². The molecular formula is C42H44BrClN2O3S. The van der Waals surface area contributed by atoms with Gasteiger partial charge in [-0.1, -0.05) is 106 Å². The number of nitrogens with zero attached hydrogens (tertiary/aromatic N) is 1. The number of carboxylic acids is 1. The van der Waals surface area contributed by atoms with E-state index >= 15 is 0 Å². The van der Waals surface area contributed by atoms with Crippen molar-refractivity contribution in [1.29, 1.82) is 0 Å². The molecule has 0 spiro atoms. The Balaban J connectivity index is 0.000000470. The number of fused-ring (bicyclic) bond motifs is 1. The molecule has 0 unspecified atom stereocenters. The first-order valence-electron chi connectivity index (χ1n) is 16.9. The van der Waals surface area contributed by atoms with Crippen LogP contribution in [0.1, 0.15) is 78.3 Å². The molecule has 5 aromatic rings. The molecule has 0 radical (unpaired) electrons. The second-order valence-corrected chi connectivity index (χ2v) is 16.1. The number of pyridine rings is 1. The van der Waals surface area contributed by atoms with Gasteiger partial charge in [-0.2, -0.15) is 11.8 Å². The monoisotopic (exact) mass is 770 g/mol. The third kappa shape index (κ3) is 11.0. The Morgan fingerprint density at radius 2 is 1.74 bits per heavy atom. The molecule has 1 aliphatic rings. The SMILES string of the molecule is CC(C)(O)c1ccccc1CC[C@@H](SCC1(CC(=O)O)CC1)c1cccc(C=Cc2ccc3ccc(Cl)cc3n2)c1.NCc1ccc(Br)cc1. The topological polar surface area (TPSA) is 96.4 Å². The number of halogens is 2. The van der Waals surface area contributed by atoms with Crippen LogP contribution in [0.4, 0.5) is 0 Å². The van der Waals surface area contributed by atoms with Gasteiger partial charge in [-0.25, -0.2) is 4.98 Å². The van der Waals surface area contributed by atoms with Crippen LogP contribution in [0.2, 0.25) is 5.02 Å². The normalized spacial score (nSPS) is 14.3. The van der Waals surface area contributed by atoms with Crippen molar-refractivity contribution < 1.29 is 15.0 Å². The molecule has 4 N–H and O–H groups in total. The Morgan fingerprint density at radius 3 is 2.44 bits per heavy atom. The van der Waals surface area contributed by atoms with Crippen molar-refractivity contribution in [3.05, 3.63) is 146 Å². The van der Waals surface area contributed by atoms with Crippen LogP contribution in [-0.4, -0.2) is 26.9 Å². The first kappa shape index (κ1) is 37.8. The van der Waals surface area contributed by atoms with E-state index in [1.165, 1.54) is 11.1 Å². The maximum absolute atomic E-state index is 11.5. The van der Waals surface area contributed by atoms with Gasteiger partial charge in [-0.3, -0.25) is 4.79 Å². The van der Waals surface area contributed by atoms with Crippen LogP contribution >= 0.6 is 39.3 Å². The summed E-state index contributed by atoms with van der Waals surface area (Å²) in [5.41, 5.74) is 11.7. The fraction of sp³-hybridized carbons (Fsp3) is 0.286. The number of aliphatic hydroxyl groups is 1. The summed E-state index contributed by atoms with van der Waals surface area (Å²) >= 11 is 11.4. The highest BCUT2D eigenvalue weighted by Crippen LogP contribution is 2.53. The molecular weight excluding hydrogens is 728 g/mol. The van der Waals surface area contributed by atoms with E-state index in [1.54, 1.807) is 0 Å². The van der Waals surface area contributed by atoms with Crippen LogP contribution in [0.25, 0.3) is 23.1 Å². The average molecular weight is 772 g/mol. The minimum Gasteiger partial charge on any atom is -0.481 e. The van der Waals surface area contributed by atoms with E-state index < -0.39 is 11.6 Å². The lowest BCUT2D eigenvalue weighted by atomic mass is 9.90. The molecule has 0 bridgehead atoms. The zero-order valence-corrected chi connectivity index (χ0v) is 31.6. The van der Waals surface area contributed by atoms with Gasteiger partial charge in [0, 0.05) is 32.4 Å². The van der Waals surface area contributed by atoms with Crippen LogP contribution in [0.15, 0.2) is 108 Å². The van der Waals surface area contributed by atoms with Gasteiger partial charge in [0.15, 0.2) is 0 Å². The molecule has 1 saturated carbocycles. The number of hydrogen-bond donors (Lipinski definition) is 3. The summed E-state index contributed by atoms with van der Waals surface area (Å²) < 4.78 is 1.10. The first-order chi connectivity index (χ1) is 23.9. The number of nitrogens with two attached hydrogens (primary N) is 1. The van der Waals surface area contributed by atoms with Crippen molar-refractivity contribution in [3.63, 3.8) is 0 Å². The molecule has 5 nitrogen and oxygen atoms in total. The standard InChI is InChI=1S/C35H36ClNO3S.C7H8BrN/c1-34(2,40)30-9-4-3-7-25(30)13-17-32(41-23-35(18-19-35)22-33(38)39)27-8-5-6-24(20-27)10-15-29-16-12-26-11-14-28(36)21-31(26)37-29;8-7-3-1-6(5-9)2-4-7/h3-12,14-16,20-21,32,40H,13,17-19,22-23H2,1-2H3,(H,38,39);1-4H,5,9H2/t32-;/m1./s1. The number of carbonyl (C=O) groups is 1. The van der Waals surface area contributed by atoms with Gasteiger partial charge in [0.05, 0.1) is 23.2 Å². The largest absolute Gasteiger partial charge is 0.481 e. The predicted octanol–water partition coefficient (Wildman–Crippen LogP) is 10.9. The van der Waals surface area contributed by atoms with Gasteiger partial charge in [0.25, 0.3) is 0 Å². The second kappa shape index (κ2) is 17.2. The van der Waals surface area contributed by atoms with Crippen LogP contribution in [0.5, 0.6) is 0 Å². The van der Waals surface area contributed by atoms with Crippen LogP contribution in [-0.2, 0) is 23.4 Å². The average Bonchev–Trinajstić information content (AvgIpc) is 3.86. The fourth-order valence-corrected chi connectivity index (χ4v) is 7.98. The van der Waals surface area contributed by atoms with Crippen molar-refractivity contribution in [1.82, 2.24) is 4.98 Å². The Labute approximate surface area is 313 Å². The van der Waals surface area contributed by atoms with Gasteiger partial charge in [0.2, 0.25) is 0 Å². The quantitative estimate of drug-likeness (QED) is 0.110. The summed E-state index contributed by atoms with van der Waals surface area (Å²) in [6.07, 6.45) is 8.02. The van der Waals surface area contributed by atoms with Crippen LogP contribution in [0.3, 0.4) is 0 Å². The number of thioether (sulfide) groups is 1. The van der Waals surface area contributed by atoms with E-state index in [2.05, 4.69) is 58.4 Å². The number of hydrogen-bond acceptors (Lipinski definition) is 5. The maximum Gasteiger partial charge on any atom is 0.303 e.